The minimum Gasteiger partial charge on any atom is -0.255 e. The van der Waals surface area contributed by atoms with Crippen molar-refractivity contribution in [1.82, 2.24) is 4.98 Å². The third-order valence-corrected chi connectivity index (χ3v) is 6.55. The highest BCUT2D eigenvalue weighted by Crippen LogP contribution is 2.37. The lowest BCUT2D eigenvalue weighted by Gasteiger charge is -2.14. The van der Waals surface area contributed by atoms with Crippen LogP contribution in [0, 0.1) is 11.6 Å². The molecule has 3 aromatic carbocycles. The Bertz CT molecular complexity index is 1340. The molecule has 1 heterocycles. The molecule has 0 unspecified atom stereocenters. The van der Waals surface area contributed by atoms with Crippen LogP contribution in [-0.4, -0.2) is 13.4 Å². The molecule has 0 aliphatic rings. The van der Waals surface area contributed by atoms with Crippen LogP contribution in [0.2, 0.25) is 10.0 Å². The van der Waals surface area contributed by atoms with E-state index in [9.17, 15) is 17.2 Å². The van der Waals surface area contributed by atoms with Gasteiger partial charge in [-0.25, -0.2) is 17.2 Å². The summed E-state index contributed by atoms with van der Waals surface area (Å²) < 4.78 is 54.2. The number of fused-ring (bicyclic) bond motifs is 1. The highest BCUT2D eigenvalue weighted by molar-refractivity contribution is 7.91. The van der Waals surface area contributed by atoms with Gasteiger partial charge in [0, 0.05) is 27.2 Å². The third kappa shape index (κ3) is 3.71. The maximum atomic E-state index is 14.0. The fourth-order valence-corrected chi connectivity index (χ4v) is 5.24. The molecule has 0 N–H and O–H groups in total. The van der Waals surface area contributed by atoms with Crippen LogP contribution in [-0.2, 0) is 9.84 Å². The van der Waals surface area contributed by atoms with E-state index in [0.717, 1.165) is 0 Å². The number of hydrogen-bond acceptors (Lipinski definition) is 3. The van der Waals surface area contributed by atoms with Gasteiger partial charge in [0.15, 0.2) is 0 Å². The molecule has 4 aromatic rings. The highest BCUT2D eigenvalue weighted by Gasteiger charge is 2.25. The van der Waals surface area contributed by atoms with Gasteiger partial charge < -0.3 is 0 Å². The van der Waals surface area contributed by atoms with E-state index in [-0.39, 0.29) is 30.8 Å². The van der Waals surface area contributed by atoms with E-state index in [1.54, 1.807) is 0 Å². The molecule has 146 valence electrons. The fraction of sp³-hybridized carbons (Fsp3) is 0. The van der Waals surface area contributed by atoms with E-state index < -0.39 is 21.5 Å². The molecule has 1 aromatic heterocycles. The number of pyridine rings is 1. The second-order valence-electron chi connectivity index (χ2n) is 6.27. The number of aromatic nitrogens is 1. The summed E-state index contributed by atoms with van der Waals surface area (Å²) >= 11 is 12.0. The summed E-state index contributed by atoms with van der Waals surface area (Å²) in [5.41, 5.74) is 1.01. The average molecular weight is 450 g/mol. The maximum Gasteiger partial charge on any atom is 0.208 e. The Hall–Kier alpha value is -2.54. The molecular formula is C21H11Cl2F2NO2S. The lowest BCUT2D eigenvalue weighted by molar-refractivity contribution is 0.596. The zero-order valence-corrected chi connectivity index (χ0v) is 16.9. The third-order valence-electron chi connectivity index (χ3n) is 4.36. The van der Waals surface area contributed by atoms with Gasteiger partial charge in [-0.2, -0.15) is 0 Å². The van der Waals surface area contributed by atoms with Gasteiger partial charge >= 0.3 is 0 Å². The summed E-state index contributed by atoms with van der Waals surface area (Å²) in [7, 11) is -4.12. The normalized spacial score (nSPS) is 11.7. The second-order valence-corrected chi connectivity index (χ2v) is 9.07. The Kier molecular flexibility index (Phi) is 5.02. The molecule has 8 heteroatoms. The zero-order chi connectivity index (χ0) is 20.8. The van der Waals surface area contributed by atoms with Crippen molar-refractivity contribution in [3.8, 4) is 11.1 Å². The molecule has 0 saturated carbocycles. The van der Waals surface area contributed by atoms with Gasteiger partial charge in [0.1, 0.15) is 11.6 Å². The minimum absolute atomic E-state index is 0.129. The van der Waals surface area contributed by atoms with Gasteiger partial charge in [0.25, 0.3) is 0 Å². The first kappa shape index (κ1) is 19.8. The van der Waals surface area contributed by atoms with Gasteiger partial charge in [-0.1, -0.05) is 35.3 Å². The smallest absolute Gasteiger partial charge is 0.208 e. The van der Waals surface area contributed by atoms with Gasteiger partial charge in [0.2, 0.25) is 9.84 Å². The lowest BCUT2D eigenvalue weighted by Crippen LogP contribution is -2.06. The lowest BCUT2D eigenvalue weighted by atomic mass is 10.0. The molecule has 0 fully saturated rings. The van der Waals surface area contributed by atoms with E-state index in [1.807, 2.05) is 0 Å². The largest absolute Gasteiger partial charge is 0.255 e. The van der Waals surface area contributed by atoms with Crippen molar-refractivity contribution >= 4 is 43.9 Å². The second kappa shape index (κ2) is 7.37. The first-order valence-corrected chi connectivity index (χ1v) is 10.5. The van der Waals surface area contributed by atoms with Crippen molar-refractivity contribution in [2.75, 3.05) is 0 Å². The molecule has 0 aliphatic carbocycles. The first-order valence-electron chi connectivity index (χ1n) is 8.31. The van der Waals surface area contributed by atoms with E-state index in [1.165, 1.54) is 66.9 Å². The van der Waals surface area contributed by atoms with Crippen LogP contribution in [0.1, 0.15) is 0 Å². The molecule has 0 aliphatic heterocycles. The molecule has 0 amide bonds. The summed E-state index contributed by atoms with van der Waals surface area (Å²) in [5.74, 6) is -1.03. The van der Waals surface area contributed by atoms with E-state index in [0.29, 0.717) is 11.1 Å². The summed E-state index contributed by atoms with van der Waals surface area (Å²) in [5, 5.41) is 0.587. The molecule has 0 saturated heterocycles. The zero-order valence-electron chi connectivity index (χ0n) is 14.5. The molecular weight excluding hydrogens is 439 g/mol. The topological polar surface area (TPSA) is 47.0 Å². The molecule has 0 radical (unpaired) electrons. The van der Waals surface area contributed by atoms with E-state index in [2.05, 4.69) is 4.98 Å². The molecule has 3 nitrogen and oxygen atoms in total. The first-order chi connectivity index (χ1) is 13.8. The minimum atomic E-state index is -4.12. The van der Waals surface area contributed by atoms with Crippen LogP contribution >= 0.6 is 23.2 Å². The van der Waals surface area contributed by atoms with Crippen LogP contribution in [0.3, 0.4) is 0 Å². The van der Waals surface area contributed by atoms with E-state index in [4.69, 9.17) is 23.2 Å². The van der Waals surface area contributed by atoms with Gasteiger partial charge in [-0.3, -0.25) is 4.98 Å². The van der Waals surface area contributed by atoms with Crippen LogP contribution in [0.5, 0.6) is 0 Å². The van der Waals surface area contributed by atoms with Crippen LogP contribution in [0.4, 0.5) is 8.78 Å². The SMILES string of the molecule is O=S(=O)(c1cc(Cl)cc(Cl)c1)c1cnc2ccc(F)cc2c1-c1ccc(F)cc1. The van der Waals surface area contributed by atoms with Crippen molar-refractivity contribution in [2.45, 2.75) is 9.79 Å². The maximum absolute atomic E-state index is 14.0. The van der Waals surface area contributed by atoms with Crippen molar-refractivity contribution in [3.05, 3.63) is 88.5 Å². The standard InChI is InChI=1S/C21H11Cl2F2NO2S/c22-13-7-14(23)9-17(8-13)29(27,28)20-11-26-19-6-5-16(25)10-18(19)21(20)12-1-3-15(24)4-2-12/h1-11H. The van der Waals surface area contributed by atoms with Gasteiger partial charge in [0.05, 0.1) is 15.3 Å². The van der Waals surface area contributed by atoms with Gasteiger partial charge in [-0.15, -0.1) is 0 Å². The van der Waals surface area contributed by atoms with Crippen LogP contribution < -0.4 is 0 Å². The predicted molar refractivity (Wildman–Crippen MR) is 109 cm³/mol. The molecule has 4 rings (SSSR count). The number of benzene rings is 3. The fourth-order valence-electron chi connectivity index (χ4n) is 3.08. The number of halogens is 4. The van der Waals surface area contributed by atoms with E-state index >= 15 is 0 Å². The number of sulfone groups is 1. The van der Waals surface area contributed by atoms with Crippen molar-refractivity contribution < 1.29 is 17.2 Å². The summed E-state index contributed by atoms with van der Waals surface area (Å²) in [6.45, 7) is 0. The van der Waals surface area contributed by atoms with Crippen molar-refractivity contribution in [1.29, 1.82) is 0 Å². The Morgan fingerprint density at radius 1 is 0.793 bits per heavy atom. The Morgan fingerprint density at radius 2 is 1.41 bits per heavy atom. The Labute approximate surface area is 175 Å². The van der Waals surface area contributed by atoms with Crippen LogP contribution in [0.25, 0.3) is 22.0 Å². The monoisotopic (exact) mass is 449 g/mol. The number of nitrogens with zero attached hydrogens (tertiary/aromatic N) is 1. The summed E-state index contributed by atoms with van der Waals surface area (Å²) in [6.07, 6.45) is 1.20. The number of rotatable bonds is 3. The molecule has 0 spiro atoms. The summed E-state index contributed by atoms with van der Waals surface area (Å²) in [4.78, 5) is 3.88. The predicted octanol–water partition coefficient (Wildman–Crippen LogP) is 6.32. The highest BCUT2D eigenvalue weighted by atomic mass is 35.5. The molecule has 29 heavy (non-hydrogen) atoms. The molecule has 0 atom stereocenters. The van der Waals surface area contributed by atoms with Crippen molar-refractivity contribution in [2.24, 2.45) is 0 Å². The molecule has 0 bridgehead atoms. The quantitative estimate of drug-likeness (QED) is 0.367. The average Bonchev–Trinajstić information content (AvgIpc) is 2.67. The van der Waals surface area contributed by atoms with Crippen LogP contribution in [0.15, 0.2) is 76.7 Å². The van der Waals surface area contributed by atoms with Gasteiger partial charge in [-0.05, 0) is 54.1 Å². The summed E-state index contributed by atoms with van der Waals surface area (Å²) in [6, 6.07) is 13.1. The Morgan fingerprint density at radius 3 is 2.07 bits per heavy atom. The number of hydrogen-bond donors (Lipinski definition) is 0. The van der Waals surface area contributed by atoms with Crippen molar-refractivity contribution in [3.63, 3.8) is 0 Å². The Balaban J connectivity index is 2.09.